The van der Waals surface area contributed by atoms with Crippen LogP contribution in [-0.4, -0.2) is 10.9 Å². The predicted molar refractivity (Wildman–Crippen MR) is 105 cm³/mol. The van der Waals surface area contributed by atoms with E-state index >= 15 is 0 Å². The fourth-order valence-electron chi connectivity index (χ4n) is 3.43. The third-order valence-electron chi connectivity index (χ3n) is 4.92. The average Bonchev–Trinajstić information content (AvgIpc) is 2.74. The summed E-state index contributed by atoms with van der Waals surface area (Å²) in [6.07, 6.45) is 7.64. The molecule has 1 heterocycles. The number of nitrogens with one attached hydrogen (secondary N) is 1. The summed E-state index contributed by atoms with van der Waals surface area (Å²) >= 11 is 0. The Labute approximate surface area is 163 Å². The summed E-state index contributed by atoms with van der Waals surface area (Å²) in [5.41, 5.74) is 3.93. The van der Waals surface area contributed by atoms with Crippen molar-refractivity contribution in [2.24, 2.45) is 0 Å². The lowest BCUT2D eigenvalue weighted by atomic mass is 9.90. The van der Waals surface area contributed by atoms with Gasteiger partial charge in [-0.05, 0) is 78.8 Å². The van der Waals surface area contributed by atoms with Crippen molar-refractivity contribution < 1.29 is 13.9 Å². The highest BCUT2D eigenvalue weighted by atomic mass is 19.1. The van der Waals surface area contributed by atoms with Gasteiger partial charge in [-0.15, -0.1) is 0 Å². The van der Waals surface area contributed by atoms with Crippen molar-refractivity contribution in [2.75, 3.05) is 0 Å². The zero-order chi connectivity index (χ0) is 19.3. The molecule has 4 nitrogen and oxygen atoms in total. The molecule has 0 spiro atoms. The molecular formula is C23H21FN2O2. The highest BCUT2D eigenvalue weighted by molar-refractivity contribution is 5.94. The Kier molecular flexibility index (Phi) is 5.33. The second-order valence-electron chi connectivity index (χ2n) is 6.93. The van der Waals surface area contributed by atoms with Crippen molar-refractivity contribution in [2.45, 2.75) is 32.2 Å². The van der Waals surface area contributed by atoms with Gasteiger partial charge in [0.15, 0.2) is 11.6 Å². The highest BCUT2D eigenvalue weighted by Gasteiger charge is 2.13. The lowest BCUT2D eigenvalue weighted by molar-refractivity contribution is 0.0950. The molecule has 0 unspecified atom stereocenters. The van der Waals surface area contributed by atoms with E-state index in [2.05, 4.69) is 10.3 Å². The first-order valence-electron chi connectivity index (χ1n) is 9.45. The summed E-state index contributed by atoms with van der Waals surface area (Å²) in [6.45, 7) is 0.250. The maximum Gasteiger partial charge on any atom is 0.251 e. The molecule has 1 N–H and O–H groups in total. The lowest BCUT2D eigenvalue weighted by Gasteiger charge is -2.16. The van der Waals surface area contributed by atoms with Crippen LogP contribution in [0.2, 0.25) is 0 Å². The summed E-state index contributed by atoms with van der Waals surface area (Å²) in [5.74, 6) is -0.0403. The van der Waals surface area contributed by atoms with E-state index in [4.69, 9.17) is 4.74 Å². The Bertz CT molecular complexity index is 989. The van der Waals surface area contributed by atoms with E-state index in [0.717, 1.165) is 12.8 Å². The van der Waals surface area contributed by atoms with E-state index in [1.165, 1.54) is 36.2 Å². The Morgan fingerprint density at radius 2 is 1.93 bits per heavy atom. The molecule has 142 valence electrons. The number of aryl methyl sites for hydroxylation is 2. The molecule has 1 aliphatic carbocycles. The van der Waals surface area contributed by atoms with Crippen molar-refractivity contribution in [1.29, 1.82) is 0 Å². The van der Waals surface area contributed by atoms with E-state index in [1.807, 2.05) is 18.2 Å². The Morgan fingerprint density at radius 1 is 1.07 bits per heavy atom. The van der Waals surface area contributed by atoms with Crippen LogP contribution in [0.4, 0.5) is 4.39 Å². The minimum absolute atomic E-state index is 0.123. The molecule has 1 amide bonds. The van der Waals surface area contributed by atoms with Gasteiger partial charge in [0.05, 0.1) is 6.20 Å². The Balaban J connectivity index is 1.39. The maximum atomic E-state index is 14.3. The van der Waals surface area contributed by atoms with Gasteiger partial charge in [0.1, 0.15) is 5.75 Å². The van der Waals surface area contributed by atoms with Crippen LogP contribution in [0.15, 0.2) is 60.9 Å². The summed E-state index contributed by atoms with van der Waals surface area (Å²) in [7, 11) is 0. The van der Waals surface area contributed by atoms with Crippen LogP contribution in [0.25, 0.3) is 0 Å². The number of ether oxygens (including phenoxy) is 1. The van der Waals surface area contributed by atoms with Gasteiger partial charge in [0.2, 0.25) is 0 Å². The number of amides is 1. The van der Waals surface area contributed by atoms with Crippen LogP contribution in [0.3, 0.4) is 0 Å². The first-order valence-corrected chi connectivity index (χ1v) is 9.45. The molecule has 1 aliphatic rings. The molecule has 5 heteroatoms. The van der Waals surface area contributed by atoms with Crippen molar-refractivity contribution in [3.8, 4) is 11.5 Å². The van der Waals surface area contributed by atoms with Gasteiger partial charge in [0, 0.05) is 18.3 Å². The van der Waals surface area contributed by atoms with E-state index < -0.39 is 5.82 Å². The molecule has 2 aromatic carbocycles. The molecule has 0 saturated heterocycles. The third-order valence-corrected chi connectivity index (χ3v) is 4.92. The van der Waals surface area contributed by atoms with Crippen molar-refractivity contribution in [3.63, 3.8) is 0 Å². The summed E-state index contributed by atoms with van der Waals surface area (Å²) in [4.78, 5) is 16.4. The van der Waals surface area contributed by atoms with Gasteiger partial charge in [-0.2, -0.15) is 0 Å². The van der Waals surface area contributed by atoms with Crippen LogP contribution in [0, 0.1) is 5.82 Å². The van der Waals surface area contributed by atoms with Gasteiger partial charge in [-0.1, -0.05) is 12.1 Å². The number of hydrogen-bond donors (Lipinski definition) is 1. The molecule has 28 heavy (non-hydrogen) atoms. The van der Waals surface area contributed by atoms with Gasteiger partial charge in [-0.3, -0.25) is 9.78 Å². The topological polar surface area (TPSA) is 51.2 Å². The van der Waals surface area contributed by atoms with E-state index in [1.54, 1.807) is 30.5 Å². The lowest BCUT2D eigenvalue weighted by Crippen LogP contribution is -2.23. The molecule has 1 aromatic heterocycles. The van der Waals surface area contributed by atoms with Crippen LogP contribution in [0.5, 0.6) is 11.5 Å². The standard InChI is InChI=1S/C23H21FN2O2/c24-21-12-16(7-10-22(21)28-20-6-3-11-25-15-20)14-26-23(27)19-9-8-17-4-1-2-5-18(17)13-19/h3,6-13,15H,1-2,4-5,14H2,(H,26,27). The molecule has 0 saturated carbocycles. The van der Waals surface area contributed by atoms with Gasteiger partial charge < -0.3 is 10.1 Å². The molecule has 0 radical (unpaired) electrons. The second kappa shape index (κ2) is 8.21. The predicted octanol–water partition coefficient (Wildman–Crippen LogP) is 4.82. The smallest absolute Gasteiger partial charge is 0.251 e. The highest BCUT2D eigenvalue weighted by Crippen LogP contribution is 2.25. The number of fused-ring (bicyclic) bond motifs is 1. The quantitative estimate of drug-likeness (QED) is 0.694. The van der Waals surface area contributed by atoms with Crippen LogP contribution in [-0.2, 0) is 19.4 Å². The fourth-order valence-corrected chi connectivity index (χ4v) is 3.43. The Morgan fingerprint density at radius 3 is 2.71 bits per heavy atom. The number of rotatable bonds is 5. The number of carbonyl (C=O) groups is 1. The Hall–Kier alpha value is -3.21. The SMILES string of the molecule is O=C(NCc1ccc(Oc2cccnc2)c(F)c1)c1ccc2c(c1)CCCC2. The molecule has 0 fully saturated rings. The van der Waals surface area contributed by atoms with Crippen molar-refractivity contribution in [1.82, 2.24) is 10.3 Å². The monoisotopic (exact) mass is 376 g/mol. The van der Waals surface area contributed by atoms with Crippen LogP contribution >= 0.6 is 0 Å². The first-order chi connectivity index (χ1) is 13.7. The molecular weight excluding hydrogens is 355 g/mol. The summed E-state index contributed by atoms with van der Waals surface area (Å²) in [6, 6.07) is 14.0. The number of benzene rings is 2. The molecule has 0 bridgehead atoms. The number of pyridine rings is 1. The number of hydrogen-bond acceptors (Lipinski definition) is 3. The van der Waals surface area contributed by atoms with Gasteiger partial charge in [0.25, 0.3) is 5.91 Å². The largest absolute Gasteiger partial charge is 0.453 e. The zero-order valence-corrected chi connectivity index (χ0v) is 15.5. The van der Waals surface area contributed by atoms with Crippen LogP contribution in [0.1, 0.15) is 39.9 Å². The van der Waals surface area contributed by atoms with Crippen molar-refractivity contribution in [3.05, 3.63) is 89.0 Å². The van der Waals surface area contributed by atoms with Crippen molar-refractivity contribution >= 4 is 5.91 Å². The summed E-state index contributed by atoms with van der Waals surface area (Å²) < 4.78 is 19.8. The minimum Gasteiger partial charge on any atom is -0.453 e. The summed E-state index contributed by atoms with van der Waals surface area (Å²) in [5, 5.41) is 2.86. The molecule has 3 aromatic rings. The van der Waals surface area contributed by atoms with E-state index in [0.29, 0.717) is 16.9 Å². The minimum atomic E-state index is -0.482. The number of aromatic nitrogens is 1. The number of halogens is 1. The van der Waals surface area contributed by atoms with Gasteiger partial charge in [-0.25, -0.2) is 4.39 Å². The number of nitrogens with zero attached hydrogens (tertiary/aromatic N) is 1. The normalized spacial score (nSPS) is 12.9. The van der Waals surface area contributed by atoms with Crippen LogP contribution < -0.4 is 10.1 Å². The maximum absolute atomic E-state index is 14.3. The molecule has 0 aliphatic heterocycles. The number of carbonyl (C=O) groups excluding carboxylic acids is 1. The van der Waals surface area contributed by atoms with Gasteiger partial charge >= 0.3 is 0 Å². The third kappa shape index (κ3) is 4.19. The second-order valence-corrected chi connectivity index (χ2v) is 6.93. The van der Waals surface area contributed by atoms with E-state index in [9.17, 15) is 9.18 Å². The molecule has 4 rings (SSSR count). The fraction of sp³-hybridized carbons (Fsp3) is 0.217. The first kappa shape index (κ1) is 18.2. The van der Waals surface area contributed by atoms with E-state index in [-0.39, 0.29) is 18.2 Å². The zero-order valence-electron chi connectivity index (χ0n) is 15.5. The molecule has 0 atom stereocenters. The average molecular weight is 376 g/mol.